The molecule has 1 unspecified atom stereocenters. The molecule has 232 valence electrons. The Bertz CT molecular complexity index is 1980. The number of aliphatic hydroxyl groups excluding tert-OH is 1. The van der Waals surface area contributed by atoms with Gasteiger partial charge in [0.1, 0.15) is 18.1 Å². The van der Waals surface area contributed by atoms with Crippen molar-refractivity contribution in [3.8, 4) is 5.75 Å². The predicted octanol–water partition coefficient (Wildman–Crippen LogP) is 9.41. The molecule has 0 saturated carbocycles. The largest absolute Gasteiger partial charge is 0.507 e. The fourth-order valence-electron chi connectivity index (χ4n) is 4.96. The maximum Gasteiger partial charge on any atom is 0.301 e. The van der Waals surface area contributed by atoms with E-state index < -0.39 is 17.7 Å². The lowest BCUT2D eigenvalue weighted by atomic mass is 9.95. The number of aliphatic hydroxyl groups is 1. The zero-order chi connectivity index (χ0) is 32.4. The van der Waals surface area contributed by atoms with Crippen LogP contribution in [0.4, 0.5) is 5.13 Å². The Hall–Kier alpha value is -3.67. The van der Waals surface area contributed by atoms with Crippen LogP contribution < -0.4 is 9.64 Å². The molecule has 1 fully saturated rings. The fourth-order valence-corrected chi connectivity index (χ4v) is 7.80. The van der Waals surface area contributed by atoms with Gasteiger partial charge in [-0.1, -0.05) is 105 Å². The number of hydrogen-bond donors (Lipinski definition) is 1. The highest BCUT2D eigenvalue weighted by atomic mass is 79.9. The highest BCUT2D eigenvalue weighted by Gasteiger charge is 2.48. The summed E-state index contributed by atoms with van der Waals surface area (Å²) in [5.41, 5.74) is 4.00. The summed E-state index contributed by atoms with van der Waals surface area (Å²) in [6, 6.07) is 26.3. The van der Waals surface area contributed by atoms with Gasteiger partial charge in [0.15, 0.2) is 4.34 Å². The molecule has 12 heteroatoms. The van der Waals surface area contributed by atoms with Crippen LogP contribution in [0.2, 0.25) is 10.0 Å². The minimum atomic E-state index is -0.939. The summed E-state index contributed by atoms with van der Waals surface area (Å²) >= 11 is 18.4. The molecule has 0 radical (unpaired) electrons. The van der Waals surface area contributed by atoms with E-state index in [1.54, 1.807) is 54.6 Å². The van der Waals surface area contributed by atoms with Crippen molar-refractivity contribution in [3.63, 3.8) is 0 Å². The fraction of sp³-hybridized carbons (Fsp3) is 0.118. The number of rotatable bonds is 9. The van der Waals surface area contributed by atoms with Gasteiger partial charge in [0.25, 0.3) is 5.78 Å². The molecule has 1 N–H and O–H groups in total. The summed E-state index contributed by atoms with van der Waals surface area (Å²) in [6.07, 6.45) is 0. The third-order valence-electron chi connectivity index (χ3n) is 7.36. The number of Topliss-reactive ketones (excluding diaryl/α,β-unsaturated/α-hetero) is 1. The van der Waals surface area contributed by atoms with Gasteiger partial charge in [-0.05, 0) is 77.7 Å². The summed E-state index contributed by atoms with van der Waals surface area (Å²) in [4.78, 5) is 28.5. The molecule has 1 aliphatic rings. The second-order valence-corrected chi connectivity index (χ2v) is 14.3. The van der Waals surface area contributed by atoms with E-state index in [1.807, 2.05) is 43.3 Å². The van der Waals surface area contributed by atoms with E-state index in [0.717, 1.165) is 21.2 Å². The van der Waals surface area contributed by atoms with Crippen LogP contribution in [-0.4, -0.2) is 27.0 Å². The number of aryl methyl sites for hydroxylation is 1. The number of thioether (sulfide) groups is 1. The number of hydrogen-bond acceptors (Lipinski definition) is 8. The van der Waals surface area contributed by atoms with Crippen molar-refractivity contribution in [3.05, 3.63) is 139 Å². The third kappa shape index (κ3) is 6.86. The zero-order valence-electron chi connectivity index (χ0n) is 24.1. The van der Waals surface area contributed by atoms with Crippen LogP contribution in [0.5, 0.6) is 5.75 Å². The Morgan fingerprint density at radius 1 is 0.978 bits per heavy atom. The van der Waals surface area contributed by atoms with E-state index >= 15 is 0 Å². The standard InChI is InChI=1S/C34H24BrCl2N3O4S2/c1-19-5-2-3-6-22(19)17-44-26-13-10-20(11-14-26)30(41)28-29(21-7-4-8-24(35)15-21)40(32(43)31(28)42)33-38-39-34(46-33)45-18-23-9-12-25(36)16-27(23)37/h2-16,29,41H,17-18H2,1H3. The maximum absolute atomic E-state index is 13.6. The van der Waals surface area contributed by atoms with Crippen LogP contribution in [0.15, 0.2) is 105 Å². The first-order chi connectivity index (χ1) is 22.2. The van der Waals surface area contributed by atoms with Crippen LogP contribution in [0.3, 0.4) is 0 Å². The van der Waals surface area contributed by atoms with Gasteiger partial charge in [-0.2, -0.15) is 0 Å². The van der Waals surface area contributed by atoms with Crippen LogP contribution in [0.1, 0.15) is 33.9 Å². The Morgan fingerprint density at radius 2 is 1.76 bits per heavy atom. The number of anilines is 1. The molecule has 0 bridgehead atoms. The van der Waals surface area contributed by atoms with E-state index in [1.165, 1.54) is 28.0 Å². The Balaban J connectivity index is 1.30. The molecular formula is C34H24BrCl2N3O4S2. The molecule has 46 heavy (non-hydrogen) atoms. The first kappa shape index (κ1) is 32.3. The van der Waals surface area contributed by atoms with Crippen molar-refractivity contribution in [2.75, 3.05) is 4.90 Å². The van der Waals surface area contributed by atoms with Crippen molar-refractivity contribution in [1.29, 1.82) is 0 Å². The van der Waals surface area contributed by atoms with Crippen molar-refractivity contribution in [1.82, 2.24) is 10.2 Å². The number of carbonyl (C=O) groups excluding carboxylic acids is 2. The summed E-state index contributed by atoms with van der Waals surface area (Å²) in [7, 11) is 0. The van der Waals surface area contributed by atoms with Crippen LogP contribution in [0.25, 0.3) is 5.76 Å². The summed E-state index contributed by atoms with van der Waals surface area (Å²) in [5, 5.41) is 21.4. The Labute approximate surface area is 292 Å². The SMILES string of the molecule is Cc1ccccc1COc1ccc(C(O)=C2C(=O)C(=O)N(c3nnc(SCc4ccc(Cl)cc4Cl)s3)C2c2cccc(Br)c2)cc1. The first-order valence-corrected chi connectivity index (χ1v) is 17.3. The van der Waals surface area contributed by atoms with Crippen LogP contribution in [-0.2, 0) is 21.9 Å². The average Bonchev–Trinajstić information content (AvgIpc) is 3.61. The molecule has 1 aliphatic heterocycles. The molecule has 0 aliphatic carbocycles. The number of benzene rings is 4. The second-order valence-electron chi connectivity index (χ2n) is 10.3. The molecule has 7 nitrogen and oxygen atoms in total. The molecule has 1 aromatic heterocycles. The van der Waals surface area contributed by atoms with Crippen molar-refractivity contribution < 1.29 is 19.4 Å². The molecule has 6 rings (SSSR count). The van der Waals surface area contributed by atoms with Gasteiger partial charge in [-0.25, -0.2) is 0 Å². The number of ether oxygens (including phenoxy) is 1. The van der Waals surface area contributed by atoms with Crippen molar-refractivity contribution >= 4 is 84.8 Å². The number of halogens is 3. The lowest BCUT2D eigenvalue weighted by Crippen LogP contribution is -2.29. The van der Waals surface area contributed by atoms with E-state index in [4.69, 9.17) is 27.9 Å². The molecule has 2 heterocycles. The van der Waals surface area contributed by atoms with Gasteiger partial charge in [-0.3, -0.25) is 14.5 Å². The van der Waals surface area contributed by atoms with Crippen molar-refractivity contribution in [2.24, 2.45) is 0 Å². The number of carbonyl (C=O) groups is 2. The Morgan fingerprint density at radius 3 is 2.50 bits per heavy atom. The highest BCUT2D eigenvalue weighted by molar-refractivity contribution is 9.10. The van der Waals surface area contributed by atoms with Gasteiger partial charge < -0.3 is 9.84 Å². The zero-order valence-corrected chi connectivity index (χ0v) is 28.8. The lowest BCUT2D eigenvalue weighted by molar-refractivity contribution is -0.132. The third-order valence-corrected chi connectivity index (χ3v) is 10.5. The van der Waals surface area contributed by atoms with Gasteiger partial charge in [0.05, 0.1) is 11.6 Å². The first-order valence-electron chi connectivity index (χ1n) is 13.9. The van der Waals surface area contributed by atoms with Gasteiger partial charge in [0.2, 0.25) is 5.13 Å². The van der Waals surface area contributed by atoms with Crippen LogP contribution in [0, 0.1) is 6.92 Å². The normalized spacial score (nSPS) is 15.8. The average molecular weight is 754 g/mol. The summed E-state index contributed by atoms with van der Waals surface area (Å²) in [5.74, 6) is -0.823. The number of ketones is 1. The van der Waals surface area contributed by atoms with Gasteiger partial charge in [-0.15, -0.1) is 10.2 Å². The van der Waals surface area contributed by atoms with Crippen molar-refractivity contribution in [2.45, 2.75) is 29.7 Å². The highest BCUT2D eigenvalue weighted by Crippen LogP contribution is 2.44. The summed E-state index contributed by atoms with van der Waals surface area (Å²) < 4.78 is 7.28. The minimum Gasteiger partial charge on any atom is -0.507 e. The van der Waals surface area contributed by atoms with Crippen LogP contribution >= 0.6 is 62.2 Å². The molecular weight excluding hydrogens is 729 g/mol. The molecule has 1 atom stereocenters. The number of nitrogens with zero attached hydrogens (tertiary/aromatic N) is 3. The van der Waals surface area contributed by atoms with E-state index in [-0.39, 0.29) is 16.5 Å². The van der Waals surface area contributed by atoms with E-state index in [2.05, 4.69) is 26.1 Å². The second kappa shape index (κ2) is 14.0. The maximum atomic E-state index is 13.6. The monoisotopic (exact) mass is 751 g/mol. The molecule has 1 saturated heterocycles. The van der Waals surface area contributed by atoms with E-state index in [0.29, 0.717) is 43.6 Å². The topological polar surface area (TPSA) is 92.6 Å². The Kier molecular flexibility index (Phi) is 9.81. The number of aromatic nitrogens is 2. The van der Waals surface area contributed by atoms with E-state index in [9.17, 15) is 14.7 Å². The van der Waals surface area contributed by atoms with Gasteiger partial charge >= 0.3 is 5.91 Å². The molecule has 0 spiro atoms. The smallest absolute Gasteiger partial charge is 0.301 e. The lowest BCUT2D eigenvalue weighted by Gasteiger charge is -2.22. The van der Waals surface area contributed by atoms with Gasteiger partial charge in [0, 0.05) is 25.8 Å². The molecule has 4 aromatic carbocycles. The summed E-state index contributed by atoms with van der Waals surface area (Å²) in [6.45, 7) is 2.41. The quantitative estimate of drug-likeness (QED) is 0.0527. The number of amides is 1. The molecule has 5 aromatic rings. The minimum absolute atomic E-state index is 0.0472. The predicted molar refractivity (Wildman–Crippen MR) is 187 cm³/mol. The molecule has 1 amide bonds.